The first-order valence-corrected chi connectivity index (χ1v) is 12.3. The molecule has 11 heteroatoms. The van der Waals surface area contributed by atoms with E-state index in [1.807, 2.05) is 10.8 Å². The van der Waals surface area contributed by atoms with E-state index >= 15 is 0 Å². The van der Waals surface area contributed by atoms with E-state index in [4.69, 9.17) is 0 Å². The summed E-state index contributed by atoms with van der Waals surface area (Å²) in [4.78, 5) is 0. The Morgan fingerprint density at radius 2 is 1.90 bits per heavy atom. The van der Waals surface area contributed by atoms with Crippen molar-refractivity contribution in [1.82, 2.24) is 4.72 Å². The first-order chi connectivity index (χ1) is 14.0. The standard InChI is InChI=1S/C19H23N3O6S2/c1-3-9-29(25,26)21-19-13(2)5-4-6-15(19)10-14-7-8-16(17(23)11-14)22-12-18(24)20-30(22,27)28/h4-8,11-12,20-21,23-24H,3,9-10H2,1-2H3. The van der Waals surface area contributed by atoms with Crippen LogP contribution in [0, 0.1) is 6.92 Å². The van der Waals surface area contributed by atoms with E-state index in [-0.39, 0.29) is 17.2 Å². The first-order valence-electron chi connectivity index (χ1n) is 9.16. The highest BCUT2D eigenvalue weighted by molar-refractivity contribution is 7.92. The molecule has 0 atom stereocenters. The summed E-state index contributed by atoms with van der Waals surface area (Å²) in [7, 11) is -7.49. The molecule has 4 N–H and O–H groups in total. The average molecular weight is 454 g/mol. The monoisotopic (exact) mass is 453 g/mol. The second kappa shape index (κ2) is 8.07. The molecular formula is C19H23N3O6S2. The molecule has 0 aromatic heterocycles. The number of rotatable bonds is 7. The van der Waals surface area contributed by atoms with Gasteiger partial charge in [-0.25, -0.2) is 17.4 Å². The summed E-state index contributed by atoms with van der Waals surface area (Å²) in [5, 5.41) is 19.8. The normalized spacial score (nSPS) is 15.5. The molecule has 0 fully saturated rings. The van der Waals surface area contributed by atoms with Gasteiger partial charge in [0, 0.05) is 0 Å². The SMILES string of the molecule is CCCS(=O)(=O)Nc1c(C)cccc1Cc1ccc(N2C=C(O)NS2(=O)=O)c(O)c1. The largest absolute Gasteiger partial charge is 0.506 e. The van der Waals surface area contributed by atoms with Crippen molar-refractivity contribution in [3.05, 3.63) is 65.2 Å². The van der Waals surface area contributed by atoms with Crippen LogP contribution in [0.5, 0.6) is 5.75 Å². The Kier molecular flexibility index (Phi) is 5.86. The summed E-state index contributed by atoms with van der Waals surface area (Å²) in [6.45, 7) is 3.59. The number of anilines is 2. The summed E-state index contributed by atoms with van der Waals surface area (Å²) >= 11 is 0. The van der Waals surface area contributed by atoms with Gasteiger partial charge < -0.3 is 10.2 Å². The fourth-order valence-electron chi connectivity index (χ4n) is 3.17. The fourth-order valence-corrected chi connectivity index (χ4v) is 5.48. The Balaban J connectivity index is 1.91. The van der Waals surface area contributed by atoms with E-state index in [0.29, 0.717) is 24.1 Å². The first kappa shape index (κ1) is 21.8. The number of nitrogens with zero attached hydrogens (tertiary/aromatic N) is 1. The van der Waals surface area contributed by atoms with Crippen molar-refractivity contribution in [3.63, 3.8) is 0 Å². The van der Waals surface area contributed by atoms with Gasteiger partial charge in [-0.2, -0.15) is 8.42 Å². The molecule has 0 radical (unpaired) electrons. The minimum Gasteiger partial charge on any atom is -0.506 e. The summed E-state index contributed by atoms with van der Waals surface area (Å²) in [6.07, 6.45) is 1.75. The van der Waals surface area contributed by atoms with Crippen LogP contribution in [-0.2, 0) is 26.7 Å². The molecule has 30 heavy (non-hydrogen) atoms. The molecule has 0 saturated heterocycles. The molecule has 162 valence electrons. The second-order valence-corrected chi connectivity index (χ2v) is 10.3. The molecule has 2 aromatic rings. The molecule has 0 saturated carbocycles. The maximum atomic E-state index is 12.2. The Labute approximate surface area is 175 Å². The molecule has 2 aromatic carbocycles. The van der Waals surface area contributed by atoms with Crippen molar-refractivity contribution >= 4 is 31.6 Å². The summed E-state index contributed by atoms with van der Waals surface area (Å²) in [5.41, 5.74) is 2.60. The van der Waals surface area contributed by atoms with Gasteiger partial charge in [0.15, 0.2) is 0 Å². The number of hydrogen-bond acceptors (Lipinski definition) is 6. The molecule has 1 aliphatic rings. The van der Waals surface area contributed by atoms with Gasteiger partial charge >= 0.3 is 10.2 Å². The molecule has 1 heterocycles. The van der Waals surface area contributed by atoms with Crippen molar-refractivity contribution in [3.8, 4) is 5.75 Å². The lowest BCUT2D eigenvalue weighted by molar-refractivity contribution is 0.392. The number of phenols is 1. The zero-order chi connectivity index (χ0) is 22.1. The number of hydrogen-bond donors (Lipinski definition) is 4. The van der Waals surface area contributed by atoms with Gasteiger partial charge in [0.2, 0.25) is 15.9 Å². The third-order valence-electron chi connectivity index (χ3n) is 4.49. The van der Waals surface area contributed by atoms with Gasteiger partial charge in [0.1, 0.15) is 11.4 Å². The molecule has 1 aliphatic heterocycles. The van der Waals surface area contributed by atoms with Crippen LogP contribution >= 0.6 is 0 Å². The molecule has 0 amide bonds. The van der Waals surface area contributed by atoms with Crippen LogP contribution in [0.3, 0.4) is 0 Å². The lowest BCUT2D eigenvalue weighted by Gasteiger charge is -2.17. The molecular weight excluding hydrogens is 430 g/mol. The van der Waals surface area contributed by atoms with Crippen LogP contribution in [0.15, 0.2) is 48.5 Å². The highest BCUT2D eigenvalue weighted by atomic mass is 32.2. The Hall–Kier alpha value is -2.92. The van der Waals surface area contributed by atoms with Gasteiger partial charge in [-0.3, -0.25) is 4.72 Å². The van der Waals surface area contributed by atoms with Crippen molar-refractivity contribution in [2.45, 2.75) is 26.7 Å². The number of aryl methyl sites for hydroxylation is 1. The Morgan fingerprint density at radius 3 is 2.50 bits per heavy atom. The van der Waals surface area contributed by atoms with Crippen LogP contribution in [0.1, 0.15) is 30.0 Å². The van der Waals surface area contributed by atoms with Crippen molar-refractivity contribution in [2.24, 2.45) is 0 Å². The van der Waals surface area contributed by atoms with E-state index in [2.05, 4.69) is 4.72 Å². The van der Waals surface area contributed by atoms with Crippen LogP contribution in [0.25, 0.3) is 0 Å². The van der Waals surface area contributed by atoms with Crippen LogP contribution in [0.2, 0.25) is 0 Å². The third-order valence-corrected chi connectivity index (χ3v) is 7.24. The van der Waals surface area contributed by atoms with Crippen molar-refractivity contribution in [1.29, 1.82) is 0 Å². The molecule has 3 rings (SSSR count). The molecule has 0 aliphatic carbocycles. The highest BCUT2D eigenvalue weighted by Crippen LogP contribution is 2.34. The predicted molar refractivity (Wildman–Crippen MR) is 115 cm³/mol. The smallest absolute Gasteiger partial charge is 0.330 e. The third kappa shape index (κ3) is 4.62. The number of nitrogens with one attached hydrogen (secondary N) is 2. The maximum Gasteiger partial charge on any atom is 0.330 e. The number of benzene rings is 2. The van der Waals surface area contributed by atoms with Crippen LogP contribution in [0.4, 0.5) is 11.4 Å². The van der Waals surface area contributed by atoms with E-state index in [1.54, 1.807) is 32.0 Å². The lowest BCUT2D eigenvalue weighted by atomic mass is 10.0. The number of aliphatic hydroxyl groups is 1. The second-order valence-electron chi connectivity index (χ2n) is 6.95. The number of phenolic OH excluding ortho intramolecular Hbond substituents is 1. The van der Waals surface area contributed by atoms with Gasteiger partial charge in [0.05, 0.1) is 17.6 Å². The lowest BCUT2D eigenvalue weighted by Crippen LogP contribution is -2.29. The predicted octanol–water partition coefficient (Wildman–Crippen LogP) is 2.45. The molecule has 0 spiro atoms. The van der Waals surface area contributed by atoms with E-state index in [0.717, 1.165) is 21.6 Å². The van der Waals surface area contributed by atoms with Crippen molar-refractivity contribution < 1.29 is 27.0 Å². The Morgan fingerprint density at radius 1 is 1.17 bits per heavy atom. The molecule has 0 bridgehead atoms. The number of sulfonamides is 1. The van der Waals surface area contributed by atoms with Gasteiger partial charge in [-0.1, -0.05) is 31.2 Å². The van der Waals surface area contributed by atoms with Crippen LogP contribution < -0.4 is 13.7 Å². The molecule has 0 unspecified atom stereocenters. The summed E-state index contributed by atoms with van der Waals surface area (Å²) in [6, 6.07) is 9.85. The highest BCUT2D eigenvalue weighted by Gasteiger charge is 2.30. The van der Waals surface area contributed by atoms with Gasteiger partial charge in [0.25, 0.3) is 0 Å². The number of aliphatic hydroxyl groups excluding tert-OH is 1. The molecule has 9 nitrogen and oxygen atoms in total. The van der Waals surface area contributed by atoms with Gasteiger partial charge in [-0.15, -0.1) is 0 Å². The quantitative estimate of drug-likeness (QED) is 0.508. The number of para-hydroxylation sites is 1. The summed E-state index contributed by atoms with van der Waals surface area (Å²) < 4.78 is 53.8. The average Bonchev–Trinajstić information content (AvgIpc) is 2.90. The summed E-state index contributed by atoms with van der Waals surface area (Å²) in [5.74, 6) is -0.846. The fraction of sp³-hybridized carbons (Fsp3) is 0.263. The van der Waals surface area contributed by atoms with E-state index < -0.39 is 26.1 Å². The van der Waals surface area contributed by atoms with Crippen LogP contribution in [-0.4, -0.2) is 32.8 Å². The maximum absolute atomic E-state index is 12.2. The topological polar surface area (TPSA) is 136 Å². The van der Waals surface area contributed by atoms with E-state index in [9.17, 15) is 27.0 Å². The minimum absolute atomic E-state index is 0.00890. The van der Waals surface area contributed by atoms with Crippen molar-refractivity contribution in [2.75, 3.05) is 14.8 Å². The number of aromatic hydroxyl groups is 1. The van der Waals surface area contributed by atoms with Gasteiger partial charge in [-0.05, 0) is 48.6 Å². The Bertz CT molecular complexity index is 1210. The zero-order valence-electron chi connectivity index (χ0n) is 16.5. The minimum atomic E-state index is -4.02. The van der Waals surface area contributed by atoms with E-state index in [1.165, 1.54) is 12.1 Å². The zero-order valence-corrected chi connectivity index (χ0v) is 18.1.